The largest absolute Gasteiger partial charge is 0.261 e. The summed E-state index contributed by atoms with van der Waals surface area (Å²) in [4.78, 5) is 4.08. The summed E-state index contributed by atoms with van der Waals surface area (Å²) in [5, 5.41) is 0. The van der Waals surface area contributed by atoms with E-state index in [0.717, 1.165) is 12.1 Å². The number of halogens is 1. The van der Waals surface area contributed by atoms with Crippen LogP contribution in [0.3, 0.4) is 0 Å². The fourth-order valence-electron chi connectivity index (χ4n) is 0.643. The lowest BCUT2D eigenvalue weighted by Crippen LogP contribution is -1.87. The third kappa shape index (κ3) is 2.99. The zero-order valence-electron chi connectivity index (χ0n) is 5.05. The molecule has 1 rings (SSSR count). The molecule has 0 unspecified atom stereocenters. The second-order valence-electron chi connectivity index (χ2n) is 1.76. The van der Waals surface area contributed by atoms with Gasteiger partial charge in [-0.25, -0.2) is 0 Å². The Hall–Kier alpha value is -0.343. The molecule has 0 fully saturated rings. The van der Waals surface area contributed by atoms with Gasteiger partial charge in [0.25, 0.3) is 0 Å². The van der Waals surface area contributed by atoms with Crippen LogP contribution in [-0.2, 0) is 6.42 Å². The third-order valence-corrected chi connectivity index (χ3v) is 1.27. The van der Waals surface area contributed by atoms with E-state index in [4.69, 9.17) is 11.6 Å². The number of hydrogen-bond donors (Lipinski definition) is 0. The predicted molar refractivity (Wildman–Crippen MR) is 50.0 cm³/mol. The van der Waals surface area contributed by atoms with Gasteiger partial charge in [-0.3, -0.25) is 4.98 Å². The maximum Gasteiger partial charge on any atom is 0.0415 e. The summed E-state index contributed by atoms with van der Waals surface area (Å²) in [5.74, 6) is 0.650. The highest BCUT2D eigenvalue weighted by atomic mass is 35.5. The van der Waals surface area contributed by atoms with Crippen LogP contribution in [0.25, 0.3) is 0 Å². The minimum atomic E-state index is 0. The maximum absolute atomic E-state index is 5.50. The van der Waals surface area contributed by atoms with Crippen molar-refractivity contribution >= 4 is 22.6 Å². The first-order chi connectivity index (χ1) is 4.43. The molecule has 1 nitrogen and oxygen atoms in total. The summed E-state index contributed by atoms with van der Waals surface area (Å²) in [6.07, 6.45) is 2.64. The quantitative estimate of drug-likeness (QED) is 0.467. The van der Waals surface area contributed by atoms with Gasteiger partial charge < -0.3 is 0 Å². The minimum Gasteiger partial charge on any atom is -0.261 e. The van der Waals surface area contributed by atoms with Crippen molar-refractivity contribution in [3.63, 3.8) is 0 Å². The Morgan fingerprint density at radius 2 is 2.20 bits per heavy atom. The summed E-state index contributed by atoms with van der Waals surface area (Å²) in [6, 6.07) is 5.84. The van der Waals surface area contributed by atoms with Crippen LogP contribution in [0.15, 0.2) is 24.4 Å². The Bertz CT molecular complexity index is 167. The van der Waals surface area contributed by atoms with Crippen LogP contribution in [-0.4, -0.2) is 21.8 Å². The second-order valence-corrected chi connectivity index (χ2v) is 2.14. The molecule has 0 aliphatic rings. The topological polar surface area (TPSA) is 12.9 Å². The van der Waals surface area contributed by atoms with E-state index in [1.54, 1.807) is 6.20 Å². The first-order valence-electron chi connectivity index (χ1n) is 2.89. The van der Waals surface area contributed by atoms with Gasteiger partial charge in [-0.2, -0.15) is 0 Å². The number of hydrogen-bond acceptors (Lipinski definition) is 1. The lowest BCUT2D eigenvalue weighted by atomic mass is 10.3. The second kappa shape index (κ2) is 5.44. The number of alkyl halides is 1. The van der Waals surface area contributed by atoms with E-state index in [-0.39, 0.29) is 11.0 Å². The Balaban J connectivity index is 0.000000810. The van der Waals surface area contributed by atoms with E-state index in [1.807, 2.05) is 18.2 Å². The van der Waals surface area contributed by atoms with Gasteiger partial charge in [0.2, 0.25) is 0 Å². The Labute approximate surface area is 70.5 Å². The minimum absolute atomic E-state index is 0. The predicted octanol–water partition coefficient (Wildman–Crippen LogP) is 0.411. The highest BCUT2D eigenvalue weighted by molar-refractivity contribution is 6.17. The van der Waals surface area contributed by atoms with Crippen molar-refractivity contribution in [2.75, 3.05) is 5.88 Å². The zero-order valence-corrected chi connectivity index (χ0v) is 5.80. The summed E-state index contributed by atoms with van der Waals surface area (Å²) in [5.41, 5.74) is 1.06. The summed E-state index contributed by atoms with van der Waals surface area (Å²) >= 11 is 5.50. The van der Waals surface area contributed by atoms with E-state index in [0.29, 0.717) is 5.88 Å². The molecule has 10 heavy (non-hydrogen) atoms. The maximum atomic E-state index is 5.50. The molecule has 56 valence electrons. The molecule has 0 saturated carbocycles. The molecule has 0 aromatic carbocycles. The van der Waals surface area contributed by atoms with Gasteiger partial charge >= 0.3 is 0 Å². The highest BCUT2D eigenvalue weighted by Gasteiger charge is 1.87. The van der Waals surface area contributed by atoms with Crippen LogP contribution in [0.4, 0.5) is 0 Å². The molecular weight excluding hydrogens is 162 g/mol. The number of pyridine rings is 1. The first-order valence-corrected chi connectivity index (χ1v) is 3.43. The summed E-state index contributed by atoms with van der Waals surface area (Å²) in [6.45, 7) is 0. The number of nitrogens with zero attached hydrogens (tertiary/aromatic N) is 1. The van der Waals surface area contributed by atoms with Gasteiger partial charge in [0.05, 0.1) is 0 Å². The van der Waals surface area contributed by atoms with Gasteiger partial charge in [-0.15, -0.1) is 11.6 Å². The van der Waals surface area contributed by atoms with Crippen molar-refractivity contribution in [2.45, 2.75) is 6.42 Å². The zero-order chi connectivity index (χ0) is 6.53. The molecule has 1 heterocycles. The smallest absolute Gasteiger partial charge is 0.0415 e. The molecule has 0 saturated heterocycles. The SMILES string of the molecule is ClCCc1ccccn1.[SiH4]. The fraction of sp³-hybridized carbons (Fsp3) is 0.286. The van der Waals surface area contributed by atoms with E-state index in [9.17, 15) is 0 Å². The van der Waals surface area contributed by atoms with Gasteiger partial charge in [-0.1, -0.05) is 6.07 Å². The van der Waals surface area contributed by atoms with Crippen LogP contribution in [0.1, 0.15) is 5.69 Å². The number of aromatic nitrogens is 1. The monoisotopic (exact) mass is 173 g/mol. The average molecular weight is 174 g/mol. The van der Waals surface area contributed by atoms with Crippen LogP contribution < -0.4 is 0 Å². The Kier molecular flexibility index (Phi) is 5.26. The average Bonchev–Trinajstić information content (AvgIpc) is 1.91. The van der Waals surface area contributed by atoms with E-state index < -0.39 is 0 Å². The molecule has 0 spiro atoms. The van der Waals surface area contributed by atoms with Crippen molar-refractivity contribution in [2.24, 2.45) is 0 Å². The molecule has 0 atom stereocenters. The highest BCUT2D eigenvalue weighted by Crippen LogP contribution is 1.94. The van der Waals surface area contributed by atoms with Gasteiger partial charge in [0.1, 0.15) is 0 Å². The molecule has 0 aliphatic heterocycles. The molecule has 0 amide bonds. The lowest BCUT2D eigenvalue weighted by molar-refractivity contribution is 1.04. The van der Waals surface area contributed by atoms with Gasteiger partial charge in [0, 0.05) is 24.2 Å². The summed E-state index contributed by atoms with van der Waals surface area (Å²) in [7, 11) is 0. The molecule has 0 N–H and O–H groups in total. The van der Waals surface area contributed by atoms with Crippen LogP contribution in [0.5, 0.6) is 0 Å². The molecule has 1 aromatic heterocycles. The molecule has 3 heteroatoms. The molecule has 0 aliphatic carbocycles. The standard InChI is InChI=1S/C7H8ClN.H4Si/c8-5-4-7-3-1-2-6-9-7;/h1-3,6H,4-5H2;1H4. The number of aryl methyl sites for hydroxylation is 1. The van der Waals surface area contributed by atoms with E-state index in [1.165, 1.54) is 0 Å². The van der Waals surface area contributed by atoms with Gasteiger partial charge in [0.15, 0.2) is 0 Å². The van der Waals surface area contributed by atoms with Crippen molar-refractivity contribution < 1.29 is 0 Å². The fourth-order valence-corrected chi connectivity index (χ4v) is 0.836. The van der Waals surface area contributed by atoms with Gasteiger partial charge in [-0.05, 0) is 23.1 Å². The molecule has 0 bridgehead atoms. The van der Waals surface area contributed by atoms with Crippen molar-refractivity contribution in [3.05, 3.63) is 30.1 Å². The third-order valence-electron chi connectivity index (χ3n) is 1.08. The van der Waals surface area contributed by atoms with Crippen LogP contribution >= 0.6 is 11.6 Å². The van der Waals surface area contributed by atoms with Crippen LogP contribution in [0, 0.1) is 0 Å². The van der Waals surface area contributed by atoms with E-state index in [2.05, 4.69) is 4.98 Å². The lowest BCUT2D eigenvalue weighted by Gasteiger charge is -1.91. The number of rotatable bonds is 2. The first kappa shape index (κ1) is 9.66. The van der Waals surface area contributed by atoms with E-state index >= 15 is 0 Å². The molecular formula is C7H12ClNSi. The molecule has 1 aromatic rings. The van der Waals surface area contributed by atoms with Crippen molar-refractivity contribution in [1.29, 1.82) is 0 Å². The Morgan fingerprint density at radius 1 is 1.40 bits per heavy atom. The Morgan fingerprint density at radius 3 is 2.70 bits per heavy atom. The van der Waals surface area contributed by atoms with Crippen LogP contribution in [0.2, 0.25) is 0 Å². The van der Waals surface area contributed by atoms with Crippen molar-refractivity contribution in [1.82, 2.24) is 4.98 Å². The molecule has 0 radical (unpaired) electrons. The summed E-state index contributed by atoms with van der Waals surface area (Å²) < 4.78 is 0. The normalized spacial score (nSPS) is 8.50. The van der Waals surface area contributed by atoms with Crippen molar-refractivity contribution in [3.8, 4) is 0 Å².